The third kappa shape index (κ3) is 4.91. The summed E-state index contributed by atoms with van der Waals surface area (Å²) in [5, 5.41) is 8.59. The number of amides is 1. The molecule has 0 aliphatic heterocycles. The summed E-state index contributed by atoms with van der Waals surface area (Å²) in [7, 11) is 3.01. The van der Waals surface area contributed by atoms with Crippen molar-refractivity contribution < 1.29 is 19.1 Å². The largest absolute Gasteiger partial charge is 0.496 e. The Morgan fingerprint density at radius 2 is 1.69 bits per heavy atom. The molecule has 0 fully saturated rings. The van der Waals surface area contributed by atoms with Crippen LogP contribution in [-0.4, -0.2) is 30.9 Å². The molecule has 1 aromatic heterocycles. The van der Waals surface area contributed by atoms with Crippen LogP contribution in [-0.2, 0) is 6.54 Å². The fourth-order valence-corrected chi connectivity index (χ4v) is 3.42. The van der Waals surface area contributed by atoms with E-state index >= 15 is 0 Å². The summed E-state index contributed by atoms with van der Waals surface area (Å²) in [5.74, 6) is 0.602. The first-order valence-electron chi connectivity index (χ1n) is 8.83. The van der Waals surface area contributed by atoms with Crippen LogP contribution in [0.1, 0.15) is 33.3 Å². The van der Waals surface area contributed by atoms with E-state index in [1.807, 2.05) is 17.5 Å². The third-order valence-electron chi connectivity index (χ3n) is 4.18. The highest BCUT2D eigenvalue weighted by atomic mass is 32.1. The van der Waals surface area contributed by atoms with E-state index in [0.29, 0.717) is 27.8 Å². The van der Waals surface area contributed by atoms with Crippen LogP contribution in [0.15, 0.2) is 47.8 Å². The Kier molecular flexibility index (Phi) is 6.46. The Hall–Kier alpha value is -3.39. The zero-order chi connectivity index (χ0) is 20.8. The van der Waals surface area contributed by atoms with Crippen molar-refractivity contribution in [2.45, 2.75) is 13.5 Å². The SMILES string of the molecule is COc1cccc(OC)c1C(=O)NCc1csc(Nc2ccc(C(C)=O)cc2)n1. The Morgan fingerprint density at radius 3 is 2.28 bits per heavy atom. The number of thiazole rings is 1. The van der Waals surface area contributed by atoms with E-state index in [9.17, 15) is 9.59 Å². The lowest BCUT2D eigenvalue weighted by atomic mass is 10.1. The van der Waals surface area contributed by atoms with Crippen LogP contribution in [0.2, 0.25) is 0 Å². The lowest BCUT2D eigenvalue weighted by Crippen LogP contribution is -2.24. The molecule has 0 unspecified atom stereocenters. The molecule has 0 spiro atoms. The summed E-state index contributed by atoms with van der Waals surface area (Å²) in [6.07, 6.45) is 0. The molecule has 2 aromatic carbocycles. The van der Waals surface area contributed by atoms with Gasteiger partial charge in [0, 0.05) is 16.6 Å². The van der Waals surface area contributed by atoms with Gasteiger partial charge in [-0.3, -0.25) is 9.59 Å². The summed E-state index contributed by atoms with van der Waals surface area (Å²) >= 11 is 1.43. The normalized spacial score (nSPS) is 10.3. The highest BCUT2D eigenvalue weighted by Gasteiger charge is 2.18. The molecule has 0 radical (unpaired) electrons. The number of Topliss-reactive ketones (excluding diaryl/α,β-unsaturated/α-hetero) is 1. The molecule has 3 rings (SSSR count). The van der Waals surface area contributed by atoms with Crippen LogP contribution in [0.4, 0.5) is 10.8 Å². The minimum absolute atomic E-state index is 0.0236. The number of methoxy groups -OCH3 is 2. The maximum absolute atomic E-state index is 12.6. The van der Waals surface area contributed by atoms with Gasteiger partial charge < -0.3 is 20.1 Å². The number of rotatable bonds is 8. The molecule has 8 heteroatoms. The third-order valence-corrected chi connectivity index (χ3v) is 4.99. The van der Waals surface area contributed by atoms with Crippen LogP contribution < -0.4 is 20.1 Å². The Morgan fingerprint density at radius 1 is 1.03 bits per heavy atom. The molecular weight excluding hydrogens is 390 g/mol. The van der Waals surface area contributed by atoms with E-state index in [0.717, 1.165) is 11.4 Å². The van der Waals surface area contributed by atoms with Crippen molar-refractivity contribution >= 4 is 33.8 Å². The molecule has 0 bridgehead atoms. The van der Waals surface area contributed by atoms with Gasteiger partial charge in [-0.25, -0.2) is 4.98 Å². The van der Waals surface area contributed by atoms with Gasteiger partial charge in [-0.05, 0) is 43.3 Å². The second-order valence-corrected chi connectivity index (χ2v) is 6.98. The lowest BCUT2D eigenvalue weighted by molar-refractivity contribution is 0.0943. The fourth-order valence-electron chi connectivity index (χ4n) is 2.69. The van der Waals surface area contributed by atoms with E-state index in [1.165, 1.54) is 32.5 Å². The van der Waals surface area contributed by atoms with Gasteiger partial charge >= 0.3 is 0 Å². The first kappa shape index (κ1) is 20.3. The number of hydrogen-bond donors (Lipinski definition) is 2. The monoisotopic (exact) mass is 411 g/mol. The summed E-state index contributed by atoms with van der Waals surface area (Å²) in [6.45, 7) is 1.80. The van der Waals surface area contributed by atoms with Crippen LogP contribution in [0.25, 0.3) is 0 Å². The smallest absolute Gasteiger partial charge is 0.259 e. The van der Waals surface area contributed by atoms with E-state index in [-0.39, 0.29) is 18.2 Å². The van der Waals surface area contributed by atoms with Gasteiger partial charge in [0.1, 0.15) is 17.1 Å². The maximum atomic E-state index is 12.6. The van der Waals surface area contributed by atoms with Crippen LogP contribution in [0.5, 0.6) is 11.5 Å². The molecule has 1 amide bonds. The van der Waals surface area contributed by atoms with Crippen molar-refractivity contribution in [3.63, 3.8) is 0 Å². The van der Waals surface area contributed by atoms with Crippen molar-refractivity contribution in [3.8, 4) is 11.5 Å². The van der Waals surface area contributed by atoms with Crippen molar-refractivity contribution in [2.24, 2.45) is 0 Å². The molecule has 29 heavy (non-hydrogen) atoms. The molecule has 7 nitrogen and oxygen atoms in total. The zero-order valence-corrected chi connectivity index (χ0v) is 17.1. The Labute approximate surface area is 172 Å². The molecule has 0 aliphatic carbocycles. The van der Waals surface area contributed by atoms with Gasteiger partial charge in [0.2, 0.25) is 0 Å². The lowest BCUT2D eigenvalue weighted by Gasteiger charge is -2.12. The van der Waals surface area contributed by atoms with E-state index in [2.05, 4.69) is 15.6 Å². The number of ketones is 1. The van der Waals surface area contributed by atoms with E-state index in [1.54, 1.807) is 30.3 Å². The van der Waals surface area contributed by atoms with Gasteiger partial charge in [0.05, 0.1) is 26.5 Å². The summed E-state index contributed by atoms with van der Waals surface area (Å²) in [6, 6.07) is 12.4. The van der Waals surface area contributed by atoms with Crippen LogP contribution in [0.3, 0.4) is 0 Å². The van der Waals surface area contributed by atoms with Gasteiger partial charge in [-0.15, -0.1) is 11.3 Å². The van der Waals surface area contributed by atoms with Crippen molar-refractivity contribution in [3.05, 3.63) is 64.7 Å². The highest BCUT2D eigenvalue weighted by Crippen LogP contribution is 2.28. The molecule has 0 saturated carbocycles. The predicted molar refractivity (Wildman–Crippen MR) is 113 cm³/mol. The standard InChI is InChI=1S/C21H21N3O4S/c1-13(25)14-7-9-15(10-8-14)23-21-24-16(12-29-21)11-22-20(26)19-17(27-2)5-4-6-18(19)28-3/h4-10,12H,11H2,1-3H3,(H,22,26)(H,23,24). The Bertz CT molecular complexity index is 993. The van der Waals surface area contributed by atoms with Gasteiger partial charge in [0.25, 0.3) is 5.91 Å². The summed E-state index contributed by atoms with van der Waals surface area (Å²) in [5.41, 5.74) is 2.56. The summed E-state index contributed by atoms with van der Waals surface area (Å²) in [4.78, 5) is 28.4. The topological polar surface area (TPSA) is 89.5 Å². The molecular formula is C21H21N3O4S. The maximum Gasteiger partial charge on any atom is 0.259 e. The summed E-state index contributed by atoms with van der Waals surface area (Å²) < 4.78 is 10.5. The number of nitrogens with zero attached hydrogens (tertiary/aromatic N) is 1. The van der Waals surface area contributed by atoms with Crippen molar-refractivity contribution in [2.75, 3.05) is 19.5 Å². The predicted octanol–water partition coefficient (Wildman–Crippen LogP) is 4.04. The Balaban J connectivity index is 1.64. The number of carbonyl (C=O) groups excluding carboxylic acids is 2. The fraction of sp³-hybridized carbons (Fsp3) is 0.190. The van der Waals surface area contributed by atoms with Crippen LogP contribution in [0, 0.1) is 0 Å². The number of hydrogen-bond acceptors (Lipinski definition) is 7. The second kappa shape index (κ2) is 9.20. The second-order valence-electron chi connectivity index (χ2n) is 6.12. The minimum Gasteiger partial charge on any atom is -0.496 e. The molecule has 150 valence electrons. The number of carbonyl (C=O) groups is 2. The number of nitrogens with one attached hydrogen (secondary N) is 2. The van der Waals surface area contributed by atoms with Gasteiger partial charge in [-0.1, -0.05) is 6.07 Å². The molecule has 0 aliphatic rings. The molecule has 3 aromatic rings. The molecule has 1 heterocycles. The molecule has 0 atom stereocenters. The molecule has 2 N–H and O–H groups in total. The van der Waals surface area contributed by atoms with Crippen molar-refractivity contribution in [1.82, 2.24) is 10.3 Å². The zero-order valence-electron chi connectivity index (χ0n) is 16.3. The average Bonchev–Trinajstić information content (AvgIpc) is 3.19. The first-order chi connectivity index (χ1) is 14.0. The van der Waals surface area contributed by atoms with Crippen LogP contribution >= 0.6 is 11.3 Å². The molecule has 0 saturated heterocycles. The van der Waals surface area contributed by atoms with Crippen molar-refractivity contribution in [1.29, 1.82) is 0 Å². The minimum atomic E-state index is -0.304. The van der Waals surface area contributed by atoms with Gasteiger partial charge in [0.15, 0.2) is 10.9 Å². The first-order valence-corrected chi connectivity index (χ1v) is 9.71. The average molecular weight is 411 g/mol. The van der Waals surface area contributed by atoms with E-state index < -0.39 is 0 Å². The quantitative estimate of drug-likeness (QED) is 0.544. The number of anilines is 2. The number of ether oxygens (including phenoxy) is 2. The van der Waals surface area contributed by atoms with E-state index in [4.69, 9.17) is 9.47 Å². The van der Waals surface area contributed by atoms with Gasteiger partial charge in [-0.2, -0.15) is 0 Å². The number of benzene rings is 2. The highest BCUT2D eigenvalue weighted by molar-refractivity contribution is 7.13. The number of aromatic nitrogens is 1.